The molecule has 0 bridgehead atoms. The number of aliphatic carboxylic acids is 1. The molecule has 0 saturated carbocycles. The van der Waals surface area contributed by atoms with Crippen LogP contribution in [0.25, 0.3) is 0 Å². The zero-order valence-corrected chi connectivity index (χ0v) is 7.52. The van der Waals surface area contributed by atoms with E-state index in [9.17, 15) is 4.79 Å². The zero-order chi connectivity index (χ0) is 9.84. The second kappa shape index (κ2) is 3.89. The molecule has 4 nitrogen and oxygen atoms in total. The first-order valence-electron chi connectivity index (χ1n) is 3.87. The van der Waals surface area contributed by atoms with Crippen molar-refractivity contribution in [3.8, 4) is 5.75 Å². The minimum absolute atomic E-state index is 0.553. The Morgan fingerprint density at radius 2 is 2.31 bits per heavy atom. The van der Waals surface area contributed by atoms with E-state index < -0.39 is 11.9 Å². The first-order valence-corrected chi connectivity index (χ1v) is 3.87. The average Bonchev–Trinajstić information content (AvgIpc) is 2.16. The Hall–Kier alpha value is -1.58. The van der Waals surface area contributed by atoms with Crippen LogP contribution in [0.5, 0.6) is 5.75 Å². The van der Waals surface area contributed by atoms with Gasteiger partial charge in [-0.25, -0.2) is 0 Å². The Bertz CT molecular complexity index is 311. The van der Waals surface area contributed by atoms with Crippen molar-refractivity contribution < 1.29 is 14.6 Å². The third-order valence-electron chi connectivity index (χ3n) is 1.84. The van der Waals surface area contributed by atoms with Crippen molar-refractivity contribution in [1.82, 2.24) is 4.98 Å². The predicted molar refractivity (Wildman–Crippen MR) is 46.8 cm³/mol. The van der Waals surface area contributed by atoms with E-state index in [1.165, 1.54) is 19.5 Å². The van der Waals surface area contributed by atoms with Crippen LogP contribution >= 0.6 is 0 Å². The third kappa shape index (κ3) is 2.18. The van der Waals surface area contributed by atoms with Gasteiger partial charge in [0.05, 0.1) is 19.2 Å². The molecular formula is C9H11NO3. The highest BCUT2D eigenvalue weighted by atomic mass is 16.5. The summed E-state index contributed by atoms with van der Waals surface area (Å²) < 4.78 is 4.93. The topological polar surface area (TPSA) is 59.4 Å². The van der Waals surface area contributed by atoms with Crippen LogP contribution in [-0.4, -0.2) is 23.2 Å². The van der Waals surface area contributed by atoms with Gasteiger partial charge in [-0.2, -0.15) is 0 Å². The summed E-state index contributed by atoms with van der Waals surface area (Å²) in [6, 6.07) is 1.67. The lowest BCUT2D eigenvalue weighted by molar-refractivity contribution is -0.138. The van der Waals surface area contributed by atoms with E-state index in [4.69, 9.17) is 9.84 Å². The predicted octanol–water partition coefficient (Wildman–Crippen LogP) is 1.28. The van der Waals surface area contributed by atoms with Crippen LogP contribution in [-0.2, 0) is 4.79 Å². The van der Waals surface area contributed by atoms with E-state index >= 15 is 0 Å². The number of rotatable bonds is 3. The lowest BCUT2D eigenvalue weighted by Gasteiger charge is -2.06. The van der Waals surface area contributed by atoms with Crippen molar-refractivity contribution in [2.45, 2.75) is 12.8 Å². The molecule has 70 valence electrons. The van der Waals surface area contributed by atoms with Crippen molar-refractivity contribution in [3.63, 3.8) is 0 Å². The fourth-order valence-corrected chi connectivity index (χ4v) is 0.927. The highest BCUT2D eigenvalue weighted by molar-refractivity contribution is 5.75. The molecule has 1 unspecified atom stereocenters. The van der Waals surface area contributed by atoms with E-state index in [2.05, 4.69) is 4.98 Å². The molecule has 0 radical (unpaired) electrons. The van der Waals surface area contributed by atoms with Crippen molar-refractivity contribution in [1.29, 1.82) is 0 Å². The minimum atomic E-state index is -0.866. The summed E-state index contributed by atoms with van der Waals surface area (Å²) in [4.78, 5) is 14.5. The quantitative estimate of drug-likeness (QED) is 0.763. The molecule has 0 fully saturated rings. The maximum Gasteiger partial charge on any atom is 0.310 e. The summed E-state index contributed by atoms with van der Waals surface area (Å²) in [5, 5.41) is 8.73. The molecule has 0 spiro atoms. The monoisotopic (exact) mass is 181 g/mol. The van der Waals surface area contributed by atoms with Crippen molar-refractivity contribution in [3.05, 3.63) is 24.0 Å². The van der Waals surface area contributed by atoms with E-state index in [0.717, 1.165) is 0 Å². The number of hydrogen-bond donors (Lipinski definition) is 1. The molecule has 0 aliphatic heterocycles. The van der Waals surface area contributed by atoms with Gasteiger partial charge >= 0.3 is 5.97 Å². The van der Waals surface area contributed by atoms with Gasteiger partial charge in [0.25, 0.3) is 0 Å². The van der Waals surface area contributed by atoms with Gasteiger partial charge in [-0.15, -0.1) is 0 Å². The molecular weight excluding hydrogens is 170 g/mol. The van der Waals surface area contributed by atoms with Gasteiger partial charge in [0.1, 0.15) is 5.75 Å². The van der Waals surface area contributed by atoms with Crippen molar-refractivity contribution in [2.75, 3.05) is 7.11 Å². The minimum Gasteiger partial charge on any atom is -0.495 e. The number of pyridine rings is 1. The lowest BCUT2D eigenvalue weighted by atomic mass is 10.0. The molecule has 0 aliphatic carbocycles. The van der Waals surface area contributed by atoms with Gasteiger partial charge in [0, 0.05) is 6.20 Å². The van der Waals surface area contributed by atoms with Gasteiger partial charge in [-0.1, -0.05) is 0 Å². The van der Waals surface area contributed by atoms with Gasteiger partial charge in [0.15, 0.2) is 0 Å². The summed E-state index contributed by atoms with van der Waals surface area (Å²) >= 11 is 0. The second-order valence-corrected chi connectivity index (χ2v) is 2.72. The molecule has 1 N–H and O–H groups in total. The summed E-state index contributed by atoms with van der Waals surface area (Å²) in [6.07, 6.45) is 3.07. The Kier molecular flexibility index (Phi) is 2.84. The average molecular weight is 181 g/mol. The first-order chi connectivity index (χ1) is 6.15. The normalized spacial score (nSPS) is 12.2. The number of aromatic nitrogens is 1. The van der Waals surface area contributed by atoms with Gasteiger partial charge in [-0.3, -0.25) is 9.78 Å². The summed E-state index contributed by atoms with van der Waals surface area (Å²) in [6.45, 7) is 1.61. The third-order valence-corrected chi connectivity index (χ3v) is 1.84. The van der Waals surface area contributed by atoms with Crippen LogP contribution in [0, 0.1) is 0 Å². The number of hydrogen-bond acceptors (Lipinski definition) is 3. The SMILES string of the molecule is COc1cncc(C(C)C(=O)O)c1. The molecule has 1 aromatic rings. The molecule has 0 amide bonds. The maximum absolute atomic E-state index is 10.6. The lowest BCUT2D eigenvalue weighted by Crippen LogP contribution is -2.07. The van der Waals surface area contributed by atoms with Crippen molar-refractivity contribution in [2.24, 2.45) is 0 Å². The Labute approximate surface area is 76.2 Å². The largest absolute Gasteiger partial charge is 0.495 e. The Morgan fingerprint density at radius 3 is 2.85 bits per heavy atom. The Balaban J connectivity index is 2.94. The standard InChI is InChI=1S/C9H11NO3/c1-6(9(11)12)7-3-8(13-2)5-10-4-7/h3-6H,1-2H3,(H,11,12). The van der Waals surface area contributed by atoms with Crippen LogP contribution < -0.4 is 4.74 Å². The molecule has 0 aromatic carbocycles. The summed E-state index contributed by atoms with van der Waals surface area (Å²) in [5.41, 5.74) is 0.645. The van der Waals surface area contributed by atoms with Gasteiger partial charge in [-0.05, 0) is 18.6 Å². The molecule has 1 rings (SSSR count). The number of nitrogens with zero attached hydrogens (tertiary/aromatic N) is 1. The summed E-state index contributed by atoms with van der Waals surface area (Å²) in [7, 11) is 1.52. The highest BCUT2D eigenvalue weighted by Gasteiger charge is 2.14. The van der Waals surface area contributed by atoms with E-state index in [1.807, 2.05) is 0 Å². The molecule has 0 saturated heterocycles. The number of carboxylic acids is 1. The van der Waals surface area contributed by atoms with Crippen LogP contribution in [0.4, 0.5) is 0 Å². The first kappa shape index (κ1) is 9.51. The Morgan fingerprint density at radius 1 is 1.62 bits per heavy atom. The van der Waals surface area contributed by atoms with Crippen LogP contribution in [0.2, 0.25) is 0 Å². The number of carbonyl (C=O) groups is 1. The fraction of sp³-hybridized carbons (Fsp3) is 0.333. The molecule has 1 atom stereocenters. The second-order valence-electron chi connectivity index (χ2n) is 2.72. The molecule has 0 aliphatic rings. The highest BCUT2D eigenvalue weighted by Crippen LogP contribution is 2.18. The number of ether oxygens (including phenoxy) is 1. The molecule has 1 aromatic heterocycles. The van der Waals surface area contributed by atoms with Crippen molar-refractivity contribution >= 4 is 5.97 Å². The fourth-order valence-electron chi connectivity index (χ4n) is 0.927. The van der Waals surface area contributed by atoms with Crippen LogP contribution in [0.15, 0.2) is 18.5 Å². The maximum atomic E-state index is 10.6. The van der Waals surface area contributed by atoms with Crippen LogP contribution in [0.1, 0.15) is 18.4 Å². The smallest absolute Gasteiger partial charge is 0.310 e. The summed E-state index contributed by atoms with van der Waals surface area (Å²) in [5.74, 6) is -0.844. The van der Waals surface area contributed by atoms with E-state index in [0.29, 0.717) is 11.3 Å². The number of carboxylic acid groups (broad SMARTS) is 1. The van der Waals surface area contributed by atoms with Crippen LogP contribution in [0.3, 0.4) is 0 Å². The van der Waals surface area contributed by atoms with Gasteiger partial charge in [0.2, 0.25) is 0 Å². The van der Waals surface area contributed by atoms with E-state index in [-0.39, 0.29) is 0 Å². The number of methoxy groups -OCH3 is 1. The molecule has 4 heteroatoms. The van der Waals surface area contributed by atoms with Gasteiger partial charge < -0.3 is 9.84 Å². The van der Waals surface area contributed by atoms with E-state index in [1.54, 1.807) is 13.0 Å². The molecule has 1 heterocycles. The molecule has 13 heavy (non-hydrogen) atoms. The zero-order valence-electron chi connectivity index (χ0n) is 7.52.